The lowest BCUT2D eigenvalue weighted by atomic mass is 10.3. The summed E-state index contributed by atoms with van der Waals surface area (Å²) in [5.74, 6) is 0.774. The van der Waals surface area contributed by atoms with Crippen LogP contribution in [0, 0.1) is 3.57 Å². The third kappa shape index (κ3) is 3.25. The number of halogens is 1. The van der Waals surface area contributed by atoms with Gasteiger partial charge in [0, 0.05) is 29.1 Å². The van der Waals surface area contributed by atoms with Crippen LogP contribution < -0.4 is 4.90 Å². The van der Waals surface area contributed by atoms with Crippen molar-refractivity contribution in [3.05, 3.63) is 28.1 Å². The van der Waals surface area contributed by atoms with Crippen LogP contribution in [0.5, 0.6) is 0 Å². The minimum Gasteiger partial charge on any atom is -0.337 e. The largest absolute Gasteiger partial charge is 0.337 e. The van der Waals surface area contributed by atoms with Crippen LogP contribution in [-0.4, -0.2) is 23.1 Å². The molecule has 0 aliphatic heterocycles. The summed E-state index contributed by atoms with van der Waals surface area (Å²) in [6, 6.07) is 0. The molecular weight excluding hydrogens is 289 g/mol. The van der Waals surface area contributed by atoms with Crippen LogP contribution in [0.15, 0.2) is 24.5 Å². The summed E-state index contributed by atoms with van der Waals surface area (Å²) in [5, 5.41) is 0. The molecule has 0 spiro atoms. The maximum Gasteiger partial charge on any atom is 0.225 e. The van der Waals surface area contributed by atoms with Crippen LogP contribution in [-0.2, 0) is 0 Å². The quantitative estimate of drug-likeness (QED) is 0.632. The van der Waals surface area contributed by atoms with Gasteiger partial charge < -0.3 is 4.90 Å². The second-order valence-electron chi connectivity index (χ2n) is 3.17. The Morgan fingerprint density at radius 1 is 1.50 bits per heavy atom. The van der Waals surface area contributed by atoms with Crippen molar-refractivity contribution in [3.8, 4) is 0 Å². The van der Waals surface area contributed by atoms with Gasteiger partial charge in [-0.2, -0.15) is 0 Å². The van der Waals surface area contributed by atoms with Crippen molar-refractivity contribution in [1.29, 1.82) is 0 Å². The summed E-state index contributed by atoms with van der Waals surface area (Å²) in [4.78, 5) is 10.6. The summed E-state index contributed by atoms with van der Waals surface area (Å²) in [6.45, 7) is 9.70. The van der Waals surface area contributed by atoms with Crippen LogP contribution >= 0.6 is 22.6 Å². The van der Waals surface area contributed by atoms with Crippen LogP contribution in [0.2, 0.25) is 0 Å². The Labute approximate surface area is 98.4 Å². The van der Waals surface area contributed by atoms with Crippen molar-refractivity contribution in [2.24, 2.45) is 0 Å². The molecule has 0 aliphatic carbocycles. The molecule has 0 fully saturated rings. The van der Waals surface area contributed by atoms with Crippen LogP contribution in [0.1, 0.15) is 13.8 Å². The monoisotopic (exact) mass is 303 g/mol. The maximum atomic E-state index is 4.27. The highest BCUT2D eigenvalue weighted by Gasteiger charge is 2.06. The molecule has 3 nitrogen and oxygen atoms in total. The summed E-state index contributed by atoms with van der Waals surface area (Å²) in [5.41, 5.74) is 1.12. The van der Waals surface area contributed by atoms with Crippen molar-refractivity contribution >= 4 is 28.5 Å². The summed E-state index contributed by atoms with van der Waals surface area (Å²) >= 11 is 2.20. The zero-order chi connectivity index (χ0) is 10.6. The standard InChI is InChI=1S/C10H14IN3/c1-4-14(7-8(2)3)10-12-5-9(11)6-13-10/h5-6H,2,4,7H2,1,3H3. The minimum atomic E-state index is 0.774. The highest BCUT2D eigenvalue weighted by atomic mass is 127. The van der Waals surface area contributed by atoms with E-state index in [4.69, 9.17) is 0 Å². The third-order valence-electron chi connectivity index (χ3n) is 1.73. The van der Waals surface area contributed by atoms with Crippen molar-refractivity contribution in [3.63, 3.8) is 0 Å². The van der Waals surface area contributed by atoms with E-state index in [-0.39, 0.29) is 0 Å². The molecule has 0 aromatic carbocycles. The van der Waals surface area contributed by atoms with Gasteiger partial charge in [-0.25, -0.2) is 9.97 Å². The highest BCUT2D eigenvalue weighted by molar-refractivity contribution is 14.1. The van der Waals surface area contributed by atoms with Crippen LogP contribution in [0.3, 0.4) is 0 Å². The van der Waals surface area contributed by atoms with Crippen LogP contribution in [0.25, 0.3) is 0 Å². The second-order valence-corrected chi connectivity index (χ2v) is 4.42. The Balaban J connectivity index is 2.78. The van der Waals surface area contributed by atoms with Crippen molar-refractivity contribution in [2.75, 3.05) is 18.0 Å². The third-order valence-corrected chi connectivity index (χ3v) is 2.29. The highest BCUT2D eigenvalue weighted by Crippen LogP contribution is 2.09. The van der Waals surface area contributed by atoms with Gasteiger partial charge in [0.15, 0.2) is 0 Å². The van der Waals surface area contributed by atoms with E-state index in [1.165, 1.54) is 0 Å². The Kier molecular flexibility index (Phi) is 4.31. The van der Waals surface area contributed by atoms with Gasteiger partial charge in [-0.3, -0.25) is 0 Å². The summed E-state index contributed by atoms with van der Waals surface area (Å²) < 4.78 is 1.05. The molecule has 0 bridgehead atoms. The van der Waals surface area contributed by atoms with E-state index in [1.54, 1.807) is 0 Å². The minimum absolute atomic E-state index is 0.774. The molecule has 0 N–H and O–H groups in total. The van der Waals surface area contributed by atoms with Gasteiger partial charge in [0.2, 0.25) is 5.95 Å². The van der Waals surface area contributed by atoms with E-state index in [2.05, 4.69) is 51.0 Å². The van der Waals surface area contributed by atoms with E-state index in [0.29, 0.717) is 0 Å². The number of rotatable bonds is 4. The lowest BCUT2D eigenvalue weighted by molar-refractivity contribution is 0.832. The van der Waals surface area contributed by atoms with Crippen LogP contribution in [0.4, 0.5) is 5.95 Å². The van der Waals surface area contributed by atoms with E-state index < -0.39 is 0 Å². The van der Waals surface area contributed by atoms with Gasteiger partial charge in [-0.15, -0.1) is 0 Å². The number of likely N-dealkylation sites (N-methyl/N-ethyl adjacent to an activating group) is 1. The van der Waals surface area contributed by atoms with Gasteiger partial charge in [0.1, 0.15) is 0 Å². The maximum absolute atomic E-state index is 4.27. The van der Waals surface area contributed by atoms with E-state index in [0.717, 1.165) is 28.2 Å². The lowest BCUT2D eigenvalue weighted by Gasteiger charge is -2.20. The summed E-state index contributed by atoms with van der Waals surface area (Å²) in [6.07, 6.45) is 3.65. The second kappa shape index (κ2) is 5.29. The molecule has 4 heteroatoms. The molecule has 0 atom stereocenters. The average molecular weight is 303 g/mol. The number of anilines is 1. The van der Waals surface area contributed by atoms with Gasteiger partial charge in [-0.1, -0.05) is 12.2 Å². The Morgan fingerprint density at radius 2 is 2.07 bits per heavy atom. The number of aromatic nitrogens is 2. The predicted molar refractivity (Wildman–Crippen MR) is 67.5 cm³/mol. The fourth-order valence-corrected chi connectivity index (χ4v) is 1.40. The molecule has 0 saturated carbocycles. The van der Waals surface area contributed by atoms with Crippen molar-refractivity contribution in [1.82, 2.24) is 9.97 Å². The summed E-state index contributed by atoms with van der Waals surface area (Å²) in [7, 11) is 0. The first-order valence-electron chi connectivity index (χ1n) is 4.50. The number of hydrogen-bond acceptors (Lipinski definition) is 3. The molecule has 0 saturated heterocycles. The first kappa shape index (κ1) is 11.4. The number of hydrogen-bond donors (Lipinski definition) is 0. The van der Waals surface area contributed by atoms with Crippen molar-refractivity contribution in [2.45, 2.75) is 13.8 Å². The molecule has 1 rings (SSSR count). The van der Waals surface area contributed by atoms with Gasteiger partial charge in [0.25, 0.3) is 0 Å². The van der Waals surface area contributed by atoms with E-state index in [9.17, 15) is 0 Å². The average Bonchev–Trinajstić information content (AvgIpc) is 2.15. The first-order valence-corrected chi connectivity index (χ1v) is 5.58. The molecule has 14 heavy (non-hydrogen) atoms. The molecule has 1 heterocycles. The van der Waals surface area contributed by atoms with Gasteiger partial charge in [-0.05, 0) is 36.4 Å². The SMILES string of the molecule is C=C(C)CN(CC)c1ncc(I)cn1. The van der Waals surface area contributed by atoms with Gasteiger partial charge >= 0.3 is 0 Å². The molecule has 1 aromatic rings. The molecule has 0 unspecified atom stereocenters. The fraction of sp³-hybridized carbons (Fsp3) is 0.400. The van der Waals surface area contributed by atoms with Crippen molar-refractivity contribution < 1.29 is 0 Å². The van der Waals surface area contributed by atoms with E-state index in [1.807, 2.05) is 19.3 Å². The Bertz CT molecular complexity index is 308. The zero-order valence-electron chi connectivity index (χ0n) is 8.50. The topological polar surface area (TPSA) is 29.0 Å². The molecular formula is C10H14IN3. The molecule has 1 aromatic heterocycles. The van der Waals surface area contributed by atoms with Gasteiger partial charge in [0.05, 0.1) is 0 Å². The molecule has 0 aliphatic rings. The van der Waals surface area contributed by atoms with E-state index >= 15 is 0 Å². The smallest absolute Gasteiger partial charge is 0.225 e. The number of nitrogens with zero attached hydrogens (tertiary/aromatic N) is 3. The normalized spacial score (nSPS) is 9.93. The molecule has 76 valence electrons. The first-order chi connectivity index (χ1) is 6.63. The molecule has 0 radical (unpaired) electrons. The Hall–Kier alpha value is -0.650. The molecule has 0 amide bonds. The predicted octanol–water partition coefficient (Wildman–Crippen LogP) is 2.48. The fourth-order valence-electron chi connectivity index (χ4n) is 1.12. The Morgan fingerprint density at radius 3 is 2.50 bits per heavy atom. The zero-order valence-corrected chi connectivity index (χ0v) is 10.7. The lowest BCUT2D eigenvalue weighted by Crippen LogP contribution is -2.26.